The first-order chi connectivity index (χ1) is 16.4. The van der Waals surface area contributed by atoms with Crippen molar-refractivity contribution in [2.24, 2.45) is 5.92 Å². The van der Waals surface area contributed by atoms with E-state index in [1.165, 1.54) is 11.9 Å². The number of hydrogen-bond acceptors (Lipinski definition) is 7. The largest absolute Gasteiger partial charge is 0.370 e. The molecule has 0 saturated carbocycles. The van der Waals surface area contributed by atoms with E-state index in [-0.39, 0.29) is 11.4 Å². The van der Waals surface area contributed by atoms with E-state index in [1.54, 1.807) is 12.4 Å². The van der Waals surface area contributed by atoms with Crippen LogP contribution in [0.25, 0.3) is 0 Å². The first-order valence-electron chi connectivity index (χ1n) is 11.4. The standard InChI is InChI=1S/C20H24BrN5OS.C5H5N/c1-20(2)11-13-5-4-10-22-16-6-3-7-17(24-16)28-25-19(27)14-8-9-15(21)23-18(14)26(20)12-13;1-2-4-6-5-3-1/h3,6-9,13H,4-5,10-12H2,1-2H3,(H,22,24)(H,25,27);1-5H. The smallest absolute Gasteiger partial charge is 0.265 e. The molecule has 9 heteroatoms. The van der Waals surface area contributed by atoms with Gasteiger partial charge in [0.05, 0.1) is 5.56 Å². The topological polar surface area (TPSA) is 83.0 Å². The second-order valence-corrected chi connectivity index (χ2v) is 10.6. The predicted molar refractivity (Wildman–Crippen MR) is 141 cm³/mol. The van der Waals surface area contributed by atoms with Crippen LogP contribution in [0.4, 0.5) is 11.6 Å². The van der Waals surface area contributed by atoms with Gasteiger partial charge in [0.1, 0.15) is 21.3 Å². The van der Waals surface area contributed by atoms with Crippen LogP contribution < -0.4 is 14.9 Å². The Hall–Kier alpha value is -2.65. The van der Waals surface area contributed by atoms with Crippen LogP contribution in [0.5, 0.6) is 0 Å². The van der Waals surface area contributed by atoms with Crippen molar-refractivity contribution in [2.75, 3.05) is 23.3 Å². The third kappa shape index (κ3) is 6.27. The van der Waals surface area contributed by atoms with Crippen molar-refractivity contribution in [1.29, 1.82) is 0 Å². The van der Waals surface area contributed by atoms with Gasteiger partial charge in [-0.25, -0.2) is 9.97 Å². The van der Waals surface area contributed by atoms with E-state index in [9.17, 15) is 4.79 Å². The quantitative estimate of drug-likeness (QED) is 0.285. The van der Waals surface area contributed by atoms with E-state index < -0.39 is 0 Å². The summed E-state index contributed by atoms with van der Waals surface area (Å²) < 4.78 is 3.67. The third-order valence-electron chi connectivity index (χ3n) is 5.93. The minimum atomic E-state index is -0.158. The Kier molecular flexibility index (Phi) is 8.05. The summed E-state index contributed by atoms with van der Waals surface area (Å²) in [4.78, 5) is 28.3. The minimum Gasteiger partial charge on any atom is -0.370 e. The van der Waals surface area contributed by atoms with Gasteiger partial charge in [0.25, 0.3) is 5.91 Å². The number of anilines is 2. The maximum atomic E-state index is 13.0. The van der Waals surface area contributed by atoms with Gasteiger partial charge < -0.3 is 10.2 Å². The zero-order chi connectivity index (χ0) is 24.0. The van der Waals surface area contributed by atoms with Crippen LogP contribution >= 0.6 is 27.9 Å². The second-order valence-electron chi connectivity index (χ2n) is 8.99. The lowest BCUT2D eigenvalue weighted by molar-refractivity contribution is 0.0984. The number of halogens is 1. The fourth-order valence-corrected chi connectivity index (χ4v) is 5.30. The van der Waals surface area contributed by atoms with Gasteiger partial charge in [-0.3, -0.25) is 14.5 Å². The highest BCUT2D eigenvalue weighted by molar-refractivity contribution is 9.10. The SMILES string of the molecule is CC1(C)CC2CCCNc3cccc(n3)SNC(=O)c3ccc(Br)nc3N1C2.c1ccncc1. The summed E-state index contributed by atoms with van der Waals surface area (Å²) >= 11 is 4.70. The van der Waals surface area contributed by atoms with Crippen LogP contribution in [-0.2, 0) is 0 Å². The van der Waals surface area contributed by atoms with Crippen molar-refractivity contribution >= 4 is 45.4 Å². The monoisotopic (exact) mass is 540 g/mol. The molecule has 3 aromatic heterocycles. The lowest BCUT2D eigenvalue weighted by Gasteiger charge is -2.33. The fraction of sp³-hybridized carbons (Fsp3) is 0.360. The van der Waals surface area contributed by atoms with Gasteiger partial charge in [-0.15, -0.1) is 0 Å². The molecule has 1 atom stereocenters. The van der Waals surface area contributed by atoms with Crippen LogP contribution in [-0.4, -0.2) is 39.5 Å². The number of aromatic nitrogens is 3. The maximum Gasteiger partial charge on any atom is 0.265 e. The molecule has 3 aromatic rings. The predicted octanol–water partition coefficient (Wildman–Crippen LogP) is 5.57. The third-order valence-corrected chi connectivity index (χ3v) is 7.10. The van der Waals surface area contributed by atoms with E-state index in [4.69, 9.17) is 4.98 Å². The lowest BCUT2D eigenvalue weighted by atomic mass is 9.93. The number of amides is 1. The highest BCUT2D eigenvalue weighted by Gasteiger charge is 2.40. The molecule has 5 heterocycles. The molecule has 1 saturated heterocycles. The molecule has 0 radical (unpaired) electrons. The van der Waals surface area contributed by atoms with Crippen molar-refractivity contribution in [3.8, 4) is 0 Å². The van der Waals surface area contributed by atoms with Gasteiger partial charge in [0.15, 0.2) is 0 Å². The molecule has 4 bridgehead atoms. The van der Waals surface area contributed by atoms with Crippen LogP contribution in [0.3, 0.4) is 0 Å². The van der Waals surface area contributed by atoms with E-state index in [0.717, 1.165) is 53.6 Å². The summed E-state index contributed by atoms with van der Waals surface area (Å²) in [5, 5.41) is 4.15. The molecule has 1 amide bonds. The number of hydrogen-bond donors (Lipinski definition) is 2. The Balaban J connectivity index is 0.000000398. The van der Waals surface area contributed by atoms with E-state index in [1.807, 2.05) is 48.5 Å². The van der Waals surface area contributed by atoms with Crippen molar-refractivity contribution in [3.05, 3.63) is 71.1 Å². The first-order valence-corrected chi connectivity index (χ1v) is 13.0. The molecule has 2 aliphatic rings. The summed E-state index contributed by atoms with van der Waals surface area (Å²) in [5.41, 5.74) is 0.547. The molecule has 2 N–H and O–H groups in total. The van der Waals surface area contributed by atoms with Crippen LogP contribution in [0.1, 0.15) is 43.5 Å². The highest BCUT2D eigenvalue weighted by Crippen LogP contribution is 2.39. The molecule has 0 aromatic carbocycles. The number of rotatable bonds is 0. The Morgan fingerprint density at radius 1 is 1.09 bits per heavy atom. The second kappa shape index (κ2) is 11.2. The van der Waals surface area contributed by atoms with Crippen molar-refractivity contribution in [3.63, 3.8) is 0 Å². The zero-order valence-corrected chi connectivity index (χ0v) is 21.8. The van der Waals surface area contributed by atoms with Crippen molar-refractivity contribution in [1.82, 2.24) is 19.7 Å². The average molecular weight is 542 g/mol. The first kappa shape index (κ1) is 24.5. The van der Waals surface area contributed by atoms with Gasteiger partial charge >= 0.3 is 0 Å². The van der Waals surface area contributed by atoms with Crippen LogP contribution in [0, 0.1) is 5.92 Å². The Labute approximate surface area is 213 Å². The molecule has 0 spiro atoms. The number of carbonyl (C=O) groups excluding carboxylic acids is 1. The van der Waals surface area contributed by atoms with Gasteiger partial charge in [-0.2, -0.15) is 0 Å². The minimum absolute atomic E-state index is 0.0447. The van der Waals surface area contributed by atoms with Gasteiger partial charge in [-0.1, -0.05) is 12.1 Å². The number of fused-ring (bicyclic) bond motifs is 6. The zero-order valence-electron chi connectivity index (χ0n) is 19.4. The number of carbonyl (C=O) groups is 1. The molecule has 1 unspecified atom stereocenters. The van der Waals surface area contributed by atoms with Gasteiger partial charge in [0, 0.05) is 43.0 Å². The summed E-state index contributed by atoms with van der Waals surface area (Å²) in [7, 11) is 0. The Bertz CT molecular complexity index is 1090. The van der Waals surface area contributed by atoms with E-state index >= 15 is 0 Å². The maximum absolute atomic E-state index is 13.0. The molecular weight excluding hydrogens is 512 g/mol. The molecule has 1 fully saturated rings. The number of nitrogens with one attached hydrogen (secondary N) is 2. The average Bonchev–Trinajstić information content (AvgIpc) is 3.15. The van der Waals surface area contributed by atoms with E-state index in [2.05, 4.69) is 54.7 Å². The summed E-state index contributed by atoms with van der Waals surface area (Å²) in [5.74, 6) is 2.00. The molecule has 34 heavy (non-hydrogen) atoms. The normalized spacial score (nSPS) is 19.3. The Morgan fingerprint density at radius 2 is 1.91 bits per heavy atom. The summed E-state index contributed by atoms with van der Waals surface area (Å²) in [6.45, 7) is 6.28. The lowest BCUT2D eigenvalue weighted by Crippen LogP contribution is -2.40. The number of pyridine rings is 3. The highest BCUT2D eigenvalue weighted by atomic mass is 79.9. The molecule has 7 nitrogen and oxygen atoms in total. The number of nitrogens with zero attached hydrogens (tertiary/aromatic N) is 4. The van der Waals surface area contributed by atoms with Crippen LogP contribution in [0.2, 0.25) is 0 Å². The summed E-state index contributed by atoms with van der Waals surface area (Å²) in [6.07, 6.45) is 6.81. The van der Waals surface area contributed by atoms with Gasteiger partial charge in [0.2, 0.25) is 0 Å². The van der Waals surface area contributed by atoms with Crippen LogP contribution in [0.15, 0.2) is 70.6 Å². The molecule has 178 valence electrons. The summed E-state index contributed by atoms with van der Waals surface area (Å²) in [6, 6.07) is 15.2. The Morgan fingerprint density at radius 3 is 2.65 bits per heavy atom. The van der Waals surface area contributed by atoms with Crippen molar-refractivity contribution in [2.45, 2.75) is 43.7 Å². The van der Waals surface area contributed by atoms with Crippen molar-refractivity contribution < 1.29 is 4.79 Å². The fourth-order valence-electron chi connectivity index (χ4n) is 4.40. The molecule has 2 aliphatic heterocycles. The van der Waals surface area contributed by atoms with Gasteiger partial charge in [-0.05, 0) is 91.4 Å². The molecular formula is C25H29BrN6OS. The molecule has 5 rings (SSSR count). The van der Waals surface area contributed by atoms with E-state index in [0.29, 0.717) is 11.5 Å². The molecule has 0 aliphatic carbocycles.